The zero-order valence-electron chi connectivity index (χ0n) is 10.7. The average Bonchev–Trinajstić information content (AvgIpc) is 2.86. The van der Waals surface area contributed by atoms with E-state index >= 15 is 0 Å². The maximum atomic E-state index is 5.89. The molecule has 1 aliphatic rings. The summed E-state index contributed by atoms with van der Waals surface area (Å²) in [5.41, 5.74) is 1.27. The number of hydrogen-bond donors (Lipinski definition) is 1. The van der Waals surface area contributed by atoms with Gasteiger partial charge in [0.25, 0.3) is 0 Å². The Morgan fingerprint density at radius 2 is 2.39 bits per heavy atom. The molecule has 1 N–H and O–H groups in total. The van der Waals surface area contributed by atoms with Crippen LogP contribution in [0.5, 0.6) is 5.75 Å². The van der Waals surface area contributed by atoms with E-state index in [-0.39, 0.29) is 6.10 Å². The van der Waals surface area contributed by atoms with Crippen LogP contribution in [0.15, 0.2) is 22.7 Å². The second-order valence-corrected chi connectivity index (χ2v) is 5.40. The maximum absolute atomic E-state index is 5.89. The predicted octanol–water partition coefficient (Wildman–Crippen LogP) is 3.12. The molecule has 100 valence electrons. The summed E-state index contributed by atoms with van der Waals surface area (Å²) in [6.07, 6.45) is 2.33. The Labute approximate surface area is 117 Å². The molecule has 2 rings (SSSR count). The van der Waals surface area contributed by atoms with Crippen LogP contribution in [0.4, 0.5) is 0 Å². The fraction of sp³-hybridized carbons (Fsp3) is 0.571. The van der Waals surface area contributed by atoms with Crippen LogP contribution >= 0.6 is 15.9 Å². The third-order valence-corrected chi connectivity index (χ3v) is 3.55. The van der Waals surface area contributed by atoms with Crippen molar-refractivity contribution in [2.75, 3.05) is 19.8 Å². The largest absolute Gasteiger partial charge is 0.487 e. The number of hydrogen-bond acceptors (Lipinski definition) is 3. The Hall–Kier alpha value is -0.580. The van der Waals surface area contributed by atoms with Gasteiger partial charge in [-0.2, -0.15) is 0 Å². The van der Waals surface area contributed by atoms with E-state index in [0.29, 0.717) is 6.61 Å². The molecular weight excluding hydrogens is 294 g/mol. The summed E-state index contributed by atoms with van der Waals surface area (Å²) < 4.78 is 12.2. The van der Waals surface area contributed by atoms with Crippen molar-refractivity contribution in [3.63, 3.8) is 0 Å². The number of nitrogens with one attached hydrogen (secondary N) is 1. The molecule has 0 aromatic heterocycles. The summed E-state index contributed by atoms with van der Waals surface area (Å²) >= 11 is 3.57. The highest BCUT2D eigenvalue weighted by molar-refractivity contribution is 9.10. The van der Waals surface area contributed by atoms with Gasteiger partial charge in [0.05, 0.1) is 17.7 Å². The first-order valence-corrected chi connectivity index (χ1v) is 7.32. The van der Waals surface area contributed by atoms with Crippen LogP contribution in [-0.4, -0.2) is 25.9 Å². The van der Waals surface area contributed by atoms with Crippen LogP contribution < -0.4 is 10.1 Å². The maximum Gasteiger partial charge on any atom is 0.134 e. The van der Waals surface area contributed by atoms with Crippen molar-refractivity contribution < 1.29 is 9.47 Å². The predicted molar refractivity (Wildman–Crippen MR) is 76.0 cm³/mol. The lowest BCUT2D eigenvalue weighted by Crippen LogP contribution is -2.16. The van der Waals surface area contributed by atoms with Gasteiger partial charge in [-0.15, -0.1) is 0 Å². The second-order valence-electron chi connectivity index (χ2n) is 4.55. The number of benzene rings is 1. The van der Waals surface area contributed by atoms with Gasteiger partial charge in [0.15, 0.2) is 0 Å². The first kappa shape index (κ1) is 13.8. The van der Waals surface area contributed by atoms with Gasteiger partial charge in [-0.3, -0.25) is 0 Å². The van der Waals surface area contributed by atoms with Crippen molar-refractivity contribution in [3.05, 3.63) is 28.2 Å². The number of ether oxygens (including phenoxy) is 2. The van der Waals surface area contributed by atoms with Crippen LogP contribution in [0.1, 0.15) is 25.3 Å². The molecule has 0 amide bonds. The fourth-order valence-corrected chi connectivity index (χ4v) is 2.46. The van der Waals surface area contributed by atoms with Crippen LogP contribution in [0, 0.1) is 0 Å². The molecule has 4 heteroatoms. The van der Waals surface area contributed by atoms with E-state index < -0.39 is 0 Å². The van der Waals surface area contributed by atoms with E-state index in [9.17, 15) is 0 Å². The summed E-state index contributed by atoms with van der Waals surface area (Å²) in [4.78, 5) is 0. The Kier molecular flexibility index (Phi) is 5.47. The van der Waals surface area contributed by atoms with Gasteiger partial charge in [0, 0.05) is 13.0 Å². The van der Waals surface area contributed by atoms with Gasteiger partial charge < -0.3 is 14.8 Å². The zero-order valence-corrected chi connectivity index (χ0v) is 12.3. The molecule has 0 radical (unpaired) electrons. The molecule has 0 saturated carbocycles. The van der Waals surface area contributed by atoms with Crippen molar-refractivity contribution in [1.29, 1.82) is 0 Å². The van der Waals surface area contributed by atoms with Crippen molar-refractivity contribution in [1.82, 2.24) is 5.32 Å². The summed E-state index contributed by atoms with van der Waals surface area (Å²) in [7, 11) is 0. The first-order chi connectivity index (χ1) is 8.79. The van der Waals surface area contributed by atoms with Gasteiger partial charge in [-0.25, -0.2) is 0 Å². The van der Waals surface area contributed by atoms with Crippen LogP contribution in [0.3, 0.4) is 0 Å². The van der Waals surface area contributed by atoms with Crippen LogP contribution in [-0.2, 0) is 11.3 Å². The summed E-state index contributed by atoms with van der Waals surface area (Å²) in [6.45, 7) is 5.63. The molecule has 0 bridgehead atoms. The number of halogens is 1. The minimum absolute atomic E-state index is 0.199. The molecular formula is C14H20BrNO2. The van der Waals surface area contributed by atoms with E-state index in [0.717, 1.165) is 42.8 Å². The lowest BCUT2D eigenvalue weighted by molar-refractivity contribution is 0.141. The van der Waals surface area contributed by atoms with Crippen LogP contribution in [0.2, 0.25) is 0 Å². The summed E-state index contributed by atoms with van der Waals surface area (Å²) in [5, 5.41) is 3.39. The second kappa shape index (κ2) is 7.12. The first-order valence-electron chi connectivity index (χ1n) is 6.53. The highest BCUT2D eigenvalue weighted by Crippen LogP contribution is 2.28. The van der Waals surface area contributed by atoms with Crippen molar-refractivity contribution in [2.45, 2.75) is 32.4 Å². The van der Waals surface area contributed by atoms with Crippen molar-refractivity contribution in [2.24, 2.45) is 0 Å². The van der Waals surface area contributed by atoms with Gasteiger partial charge in [0.1, 0.15) is 11.9 Å². The highest BCUT2D eigenvalue weighted by Gasteiger charge is 2.18. The summed E-state index contributed by atoms with van der Waals surface area (Å²) in [5.74, 6) is 0.907. The Balaban J connectivity index is 1.91. The molecule has 1 aliphatic heterocycles. The summed E-state index contributed by atoms with van der Waals surface area (Å²) in [6, 6.07) is 6.26. The van der Waals surface area contributed by atoms with E-state index in [1.807, 2.05) is 6.07 Å². The lowest BCUT2D eigenvalue weighted by Gasteiger charge is -2.14. The third-order valence-electron chi connectivity index (χ3n) is 2.93. The van der Waals surface area contributed by atoms with E-state index in [2.05, 4.69) is 40.3 Å². The quantitative estimate of drug-likeness (QED) is 0.819. The molecule has 18 heavy (non-hydrogen) atoms. The molecule has 1 saturated heterocycles. The fourth-order valence-electron chi connectivity index (χ4n) is 1.94. The molecule has 3 nitrogen and oxygen atoms in total. The molecule has 1 fully saturated rings. The monoisotopic (exact) mass is 313 g/mol. The normalized spacial score (nSPS) is 19.1. The minimum Gasteiger partial charge on any atom is -0.487 e. The SMILES string of the molecule is CCCNCc1ccc(OC2CCOC2)c(Br)c1. The van der Waals surface area contributed by atoms with Gasteiger partial charge >= 0.3 is 0 Å². The van der Waals surface area contributed by atoms with Crippen molar-refractivity contribution in [3.8, 4) is 5.75 Å². The highest BCUT2D eigenvalue weighted by atomic mass is 79.9. The molecule has 0 aliphatic carbocycles. The molecule has 1 atom stereocenters. The smallest absolute Gasteiger partial charge is 0.134 e. The Morgan fingerprint density at radius 1 is 1.50 bits per heavy atom. The zero-order chi connectivity index (χ0) is 12.8. The van der Waals surface area contributed by atoms with E-state index in [1.54, 1.807) is 0 Å². The number of rotatable bonds is 6. The third kappa shape index (κ3) is 3.97. The topological polar surface area (TPSA) is 30.5 Å². The van der Waals surface area contributed by atoms with Gasteiger partial charge in [0.2, 0.25) is 0 Å². The van der Waals surface area contributed by atoms with Crippen molar-refractivity contribution >= 4 is 15.9 Å². The van der Waals surface area contributed by atoms with E-state index in [1.165, 1.54) is 5.56 Å². The molecule has 0 spiro atoms. The van der Waals surface area contributed by atoms with Crippen LogP contribution in [0.25, 0.3) is 0 Å². The molecule has 1 unspecified atom stereocenters. The van der Waals surface area contributed by atoms with Gasteiger partial charge in [-0.05, 0) is 46.6 Å². The average molecular weight is 314 g/mol. The Bertz CT molecular complexity index is 378. The van der Waals surface area contributed by atoms with Gasteiger partial charge in [-0.1, -0.05) is 13.0 Å². The Morgan fingerprint density at radius 3 is 3.06 bits per heavy atom. The molecule has 1 heterocycles. The lowest BCUT2D eigenvalue weighted by atomic mass is 10.2. The van der Waals surface area contributed by atoms with E-state index in [4.69, 9.17) is 9.47 Å². The standard InChI is InChI=1S/C14H20BrNO2/c1-2-6-16-9-11-3-4-14(13(15)8-11)18-12-5-7-17-10-12/h3-4,8,12,16H,2,5-7,9-10H2,1H3. The minimum atomic E-state index is 0.199. The molecule has 1 aromatic carbocycles. The molecule has 1 aromatic rings.